The van der Waals surface area contributed by atoms with Gasteiger partial charge in [0.25, 0.3) is 0 Å². The molecule has 0 aliphatic carbocycles. The number of hydrogen-bond donors (Lipinski definition) is 2. The Morgan fingerprint density at radius 1 is 1.53 bits per heavy atom. The van der Waals surface area contributed by atoms with Gasteiger partial charge < -0.3 is 10.6 Å². The molecule has 0 aromatic carbocycles. The van der Waals surface area contributed by atoms with Crippen molar-refractivity contribution in [1.29, 1.82) is 0 Å². The maximum absolute atomic E-state index is 11.4. The van der Waals surface area contributed by atoms with Gasteiger partial charge >= 0.3 is 0 Å². The lowest BCUT2D eigenvalue weighted by atomic mass is 10.2. The normalized spacial score (nSPS) is 12.6. The minimum absolute atomic E-state index is 0.0217. The first-order chi connectivity index (χ1) is 9.02. The number of likely N-dealkylation sites (N-methyl/N-ethyl adjacent to an activating group) is 1. The standard InChI is InChI=1S/C13H19N5O/c1-8-11-5-10(6-15-9(2)13(19)14-3)7-16-12(11)18(4)17-8/h5,7,9,15H,6H2,1-4H3,(H,14,19). The van der Waals surface area contributed by atoms with E-state index in [4.69, 9.17) is 0 Å². The summed E-state index contributed by atoms with van der Waals surface area (Å²) in [5.74, 6) is -0.0217. The third kappa shape index (κ3) is 2.73. The molecule has 1 unspecified atom stereocenters. The van der Waals surface area contributed by atoms with Gasteiger partial charge in [-0.05, 0) is 25.5 Å². The number of amides is 1. The topological polar surface area (TPSA) is 71.8 Å². The van der Waals surface area contributed by atoms with Crippen LogP contribution < -0.4 is 10.6 Å². The molecule has 0 bridgehead atoms. The Morgan fingerprint density at radius 3 is 2.95 bits per heavy atom. The average molecular weight is 261 g/mol. The number of rotatable bonds is 4. The van der Waals surface area contributed by atoms with Gasteiger partial charge in [0.05, 0.1) is 11.7 Å². The maximum Gasteiger partial charge on any atom is 0.236 e. The first kappa shape index (κ1) is 13.5. The summed E-state index contributed by atoms with van der Waals surface area (Å²) in [5, 5.41) is 11.2. The van der Waals surface area contributed by atoms with E-state index in [1.54, 1.807) is 11.7 Å². The molecule has 0 saturated heterocycles. The van der Waals surface area contributed by atoms with Crippen LogP contribution in [0.3, 0.4) is 0 Å². The largest absolute Gasteiger partial charge is 0.358 e. The molecule has 19 heavy (non-hydrogen) atoms. The molecule has 0 saturated carbocycles. The van der Waals surface area contributed by atoms with Crippen molar-refractivity contribution in [3.63, 3.8) is 0 Å². The van der Waals surface area contributed by atoms with Crippen molar-refractivity contribution < 1.29 is 4.79 Å². The number of pyridine rings is 1. The predicted molar refractivity (Wildman–Crippen MR) is 73.6 cm³/mol. The summed E-state index contributed by atoms with van der Waals surface area (Å²) >= 11 is 0. The monoisotopic (exact) mass is 261 g/mol. The number of aryl methyl sites for hydroxylation is 2. The lowest BCUT2D eigenvalue weighted by Gasteiger charge is -2.11. The minimum atomic E-state index is -0.226. The van der Waals surface area contributed by atoms with Crippen molar-refractivity contribution in [3.8, 4) is 0 Å². The van der Waals surface area contributed by atoms with Crippen molar-refractivity contribution in [3.05, 3.63) is 23.5 Å². The van der Waals surface area contributed by atoms with E-state index < -0.39 is 0 Å². The molecule has 0 fully saturated rings. The number of aromatic nitrogens is 3. The van der Waals surface area contributed by atoms with Crippen molar-refractivity contribution in [2.75, 3.05) is 7.05 Å². The Morgan fingerprint density at radius 2 is 2.26 bits per heavy atom. The summed E-state index contributed by atoms with van der Waals surface area (Å²) < 4.78 is 1.77. The second-order valence-electron chi connectivity index (χ2n) is 4.64. The van der Waals surface area contributed by atoms with Gasteiger partial charge in [-0.15, -0.1) is 0 Å². The van der Waals surface area contributed by atoms with Crippen molar-refractivity contribution >= 4 is 16.9 Å². The molecule has 0 radical (unpaired) electrons. The molecular weight excluding hydrogens is 242 g/mol. The molecule has 2 rings (SSSR count). The van der Waals surface area contributed by atoms with E-state index >= 15 is 0 Å². The van der Waals surface area contributed by atoms with Crippen LogP contribution in [0.2, 0.25) is 0 Å². The van der Waals surface area contributed by atoms with Gasteiger partial charge in [0.1, 0.15) is 0 Å². The maximum atomic E-state index is 11.4. The Hall–Kier alpha value is -1.95. The molecule has 6 nitrogen and oxygen atoms in total. The van der Waals surface area contributed by atoms with Crippen LogP contribution in [-0.4, -0.2) is 33.8 Å². The van der Waals surface area contributed by atoms with Crippen LogP contribution in [0.25, 0.3) is 11.0 Å². The zero-order valence-corrected chi connectivity index (χ0v) is 11.7. The van der Waals surface area contributed by atoms with Crippen LogP contribution in [0.1, 0.15) is 18.2 Å². The fraction of sp³-hybridized carbons (Fsp3) is 0.462. The fourth-order valence-corrected chi connectivity index (χ4v) is 2.03. The van der Waals surface area contributed by atoms with E-state index in [1.807, 2.05) is 27.1 Å². The van der Waals surface area contributed by atoms with E-state index in [0.717, 1.165) is 22.3 Å². The van der Waals surface area contributed by atoms with E-state index in [1.165, 1.54) is 0 Å². The number of hydrogen-bond acceptors (Lipinski definition) is 4. The highest BCUT2D eigenvalue weighted by Gasteiger charge is 2.11. The zero-order chi connectivity index (χ0) is 14.0. The quantitative estimate of drug-likeness (QED) is 0.840. The van der Waals surface area contributed by atoms with Crippen LogP contribution >= 0.6 is 0 Å². The minimum Gasteiger partial charge on any atom is -0.358 e. The summed E-state index contributed by atoms with van der Waals surface area (Å²) in [6, 6.07) is 1.84. The Bertz CT molecular complexity index is 604. The molecule has 102 valence electrons. The fourth-order valence-electron chi connectivity index (χ4n) is 2.03. The van der Waals surface area contributed by atoms with Crippen LogP contribution in [0.15, 0.2) is 12.3 Å². The number of nitrogens with zero attached hydrogens (tertiary/aromatic N) is 3. The third-order valence-electron chi connectivity index (χ3n) is 3.17. The molecular formula is C13H19N5O. The van der Waals surface area contributed by atoms with Crippen molar-refractivity contribution in [2.45, 2.75) is 26.4 Å². The van der Waals surface area contributed by atoms with Gasteiger partial charge in [-0.25, -0.2) is 4.98 Å². The molecule has 2 aromatic heterocycles. The van der Waals surface area contributed by atoms with Gasteiger partial charge in [0.2, 0.25) is 5.91 Å². The van der Waals surface area contributed by atoms with Gasteiger partial charge in [-0.1, -0.05) is 0 Å². The second kappa shape index (κ2) is 5.36. The number of nitrogens with one attached hydrogen (secondary N) is 2. The Kier molecular flexibility index (Phi) is 3.80. The van der Waals surface area contributed by atoms with Crippen LogP contribution in [0.4, 0.5) is 0 Å². The molecule has 2 N–H and O–H groups in total. The Labute approximate surface area is 112 Å². The molecule has 2 aromatic rings. The molecule has 0 spiro atoms. The molecule has 0 aliphatic rings. The first-order valence-electron chi connectivity index (χ1n) is 6.26. The summed E-state index contributed by atoms with van der Waals surface area (Å²) in [5.41, 5.74) is 2.88. The van der Waals surface area contributed by atoms with Gasteiger partial charge in [-0.2, -0.15) is 5.10 Å². The van der Waals surface area contributed by atoms with Gasteiger partial charge in [-0.3, -0.25) is 9.48 Å². The molecule has 0 aliphatic heterocycles. The second-order valence-corrected chi connectivity index (χ2v) is 4.64. The highest BCUT2D eigenvalue weighted by Crippen LogP contribution is 2.16. The molecule has 1 atom stereocenters. The smallest absolute Gasteiger partial charge is 0.236 e. The van der Waals surface area contributed by atoms with Crippen LogP contribution in [-0.2, 0) is 18.4 Å². The van der Waals surface area contributed by atoms with Crippen molar-refractivity contribution in [2.24, 2.45) is 7.05 Å². The first-order valence-corrected chi connectivity index (χ1v) is 6.26. The molecule has 6 heteroatoms. The summed E-state index contributed by atoms with van der Waals surface area (Å²) in [4.78, 5) is 15.8. The summed E-state index contributed by atoms with van der Waals surface area (Å²) in [6.07, 6.45) is 1.81. The number of carbonyl (C=O) groups is 1. The number of carbonyl (C=O) groups excluding carboxylic acids is 1. The highest BCUT2D eigenvalue weighted by molar-refractivity contribution is 5.81. The van der Waals surface area contributed by atoms with Gasteiger partial charge in [0, 0.05) is 32.2 Å². The zero-order valence-electron chi connectivity index (χ0n) is 11.7. The Balaban J connectivity index is 2.14. The lowest BCUT2D eigenvalue weighted by molar-refractivity contribution is -0.122. The van der Waals surface area contributed by atoms with E-state index in [-0.39, 0.29) is 11.9 Å². The highest BCUT2D eigenvalue weighted by atomic mass is 16.2. The SMILES string of the molecule is CNC(=O)C(C)NCc1cnc2c(c1)c(C)nn2C. The summed E-state index contributed by atoms with van der Waals surface area (Å²) in [7, 11) is 3.51. The average Bonchev–Trinajstić information content (AvgIpc) is 2.70. The summed E-state index contributed by atoms with van der Waals surface area (Å²) in [6.45, 7) is 4.40. The van der Waals surface area contributed by atoms with Crippen LogP contribution in [0, 0.1) is 6.92 Å². The van der Waals surface area contributed by atoms with E-state index in [9.17, 15) is 4.79 Å². The molecule has 2 heterocycles. The van der Waals surface area contributed by atoms with Crippen molar-refractivity contribution in [1.82, 2.24) is 25.4 Å². The van der Waals surface area contributed by atoms with Gasteiger partial charge in [0.15, 0.2) is 5.65 Å². The lowest BCUT2D eigenvalue weighted by Crippen LogP contribution is -2.40. The molecule has 1 amide bonds. The van der Waals surface area contributed by atoms with E-state index in [0.29, 0.717) is 6.54 Å². The number of fused-ring (bicyclic) bond motifs is 1. The third-order valence-corrected chi connectivity index (χ3v) is 3.17. The van der Waals surface area contributed by atoms with E-state index in [2.05, 4.69) is 26.8 Å². The predicted octanol–water partition coefficient (Wildman–Crippen LogP) is 0.501. The van der Waals surface area contributed by atoms with Crippen LogP contribution in [0.5, 0.6) is 0 Å².